The molecule has 0 aromatic carbocycles. The maximum Gasteiger partial charge on any atom is 0.248 e. The van der Waals surface area contributed by atoms with Crippen LogP contribution in [0.3, 0.4) is 0 Å². The van der Waals surface area contributed by atoms with Crippen LogP contribution in [0.4, 0.5) is 0 Å². The van der Waals surface area contributed by atoms with E-state index in [1.807, 2.05) is 4.90 Å². The summed E-state index contributed by atoms with van der Waals surface area (Å²) in [5.41, 5.74) is 0. The second kappa shape index (κ2) is 7.44. The summed E-state index contributed by atoms with van der Waals surface area (Å²) in [6, 6.07) is -0.580. The molecule has 0 aromatic rings. The Labute approximate surface area is 133 Å². The predicted molar refractivity (Wildman–Crippen MR) is 85.1 cm³/mol. The molecule has 2 N–H and O–H groups in total. The number of aliphatic hydroxyl groups is 1. The van der Waals surface area contributed by atoms with Crippen LogP contribution in [0, 0.1) is 11.8 Å². The Hall–Kier alpha value is -1.10. The first-order valence-corrected chi connectivity index (χ1v) is 8.74. The Bertz CT molecular complexity index is 407. The van der Waals surface area contributed by atoms with E-state index in [9.17, 15) is 14.7 Å². The Kier molecular flexibility index (Phi) is 5.84. The molecular weight excluding hydrogens is 280 g/mol. The smallest absolute Gasteiger partial charge is 0.248 e. The summed E-state index contributed by atoms with van der Waals surface area (Å²) in [4.78, 5) is 26.8. The number of rotatable bonds is 6. The number of hydrogen-bond acceptors (Lipinski definition) is 3. The molecule has 0 spiro atoms. The van der Waals surface area contributed by atoms with Crippen LogP contribution in [-0.2, 0) is 9.59 Å². The number of amides is 2. The topological polar surface area (TPSA) is 69.6 Å². The minimum Gasteiger partial charge on any atom is -0.391 e. The molecule has 2 amide bonds. The third-order valence-corrected chi connectivity index (χ3v) is 4.98. The van der Waals surface area contributed by atoms with Gasteiger partial charge in [0.05, 0.1) is 6.10 Å². The first-order valence-electron chi connectivity index (χ1n) is 8.74. The molecule has 0 radical (unpaired) electrons. The lowest BCUT2D eigenvalue weighted by Crippen LogP contribution is -2.58. The first-order chi connectivity index (χ1) is 10.5. The number of carbonyl (C=O) groups is 2. The normalized spacial score (nSPS) is 28.1. The molecule has 5 heteroatoms. The molecule has 22 heavy (non-hydrogen) atoms. The summed E-state index contributed by atoms with van der Waals surface area (Å²) < 4.78 is 0. The molecule has 1 aliphatic heterocycles. The van der Waals surface area contributed by atoms with E-state index in [4.69, 9.17) is 0 Å². The highest BCUT2D eigenvalue weighted by Crippen LogP contribution is 2.30. The van der Waals surface area contributed by atoms with Crippen molar-refractivity contribution in [2.24, 2.45) is 11.8 Å². The maximum absolute atomic E-state index is 12.9. The van der Waals surface area contributed by atoms with Crippen molar-refractivity contribution in [2.45, 2.75) is 77.5 Å². The predicted octanol–water partition coefficient (Wildman–Crippen LogP) is 1.69. The van der Waals surface area contributed by atoms with E-state index in [0.717, 1.165) is 45.1 Å². The molecule has 2 rings (SSSR count). The van der Waals surface area contributed by atoms with E-state index in [2.05, 4.69) is 19.2 Å². The van der Waals surface area contributed by atoms with Crippen molar-refractivity contribution in [3.63, 3.8) is 0 Å². The van der Waals surface area contributed by atoms with Crippen molar-refractivity contribution >= 4 is 11.8 Å². The fourth-order valence-electron chi connectivity index (χ4n) is 3.44. The fraction of sp³-hybridized carbons (Fsp3) is 0.882. The zero-order chi connectivity index (χ0) is 16.3. The van der Waals surface area contributed by atoms with E-state index in [1.54, 1.807) is 6.92 Å². The highest BCUT2D eigenvalue weighted by molar-refractivity contribution is 5.90. The summed E-state index contributed by atoms with van der Waals surface area (Å²) in [5, 5.41) is 12.8. The zero-order valence-electron chi connectivity index (χ0n) is 14.0. The Morgan fingerprint density at radius 1 is 1.32 bits per heavy atom. The van der Waals surface area contributed by atoms with Crippen LogP contribution in [0.25, 0.3) is 0 Å². The van der Waals surface area contributed by atoms with Gasteiger partial charge in [-0.15, -0.1) is 0 Å². The van der Waals surface area contributed by atoms with Crippen molar-refractivity contribution in [3.05, 3.63) is 0 Å². The molecule has 4 unspecified atom stereocenters. The minimum absolute atomic E-state index is 0.0424. The van der Waals surface area contributed by atoms with Gasteiger partial charge in [0.15, 0.2) is 0 Å². The van der Waals surface area contributed by atoms with Crippen molar-refractivity contribution in [2.75, 3.05) is 6.54 Å². The number of likely N-dealkylation sites (tertiary alicyclic amines) is 1. The number of nitrogens with one attached hydrogen (secondary N) is 1. The molecule has 2 aliphatic rings. The van der Waals surface area contributed by atoms with E-state index < -0.39 is 12.1 Å². The number of aliphatic hydroxyl groups excluding tert-OH is 1. The monoisotopic (exact) mass is 310 g/mol. The quantitative estimate of drug-likeness (QED) is 0.784. The van der Waals surface area contributed by atoms with Crippen LogP contribution < -0.4 is 5.32 Å². The largest absolute Gasteiger partial charge is 0.391 e. The number of nitrogens with zero attached hydrogens (tertiary/aromatic N) is 1. The van der Waals surface area contributed by atoms with Crippen molar-refractivity contribution < 1.29 is 14.7 Å². The van der Waals surface area contributed by atoms with Gasteiger partial charge in [0.25, 0.3) is 0 Å². The molecule has 4 atom stereocenters. The molecule has 0 bridgehead atoms. The molecular formula is C17H30N2O3. The summed E-state index contributed by atoms with van der Waals surface area (Å²) in [5.74, 6) is 0.317. The van der Waals surface area contributed by atoms with Crippen LogP contribution in [0.15, 0.2) is 0 Å². The SMILES string of the molecule is CCCC1C(C)CCCN1C(=O)C(NC(=O)C1CC1)C(C)O. The number of hydrogen-bond donors (Lipinski definition) is 2. The van der Waals surface area contributed by atoms with E-state index in [0.29, 0.717) is 5.92 Å². The van der Waals surface area contributed by atoms with E-state index in [-0.39, 0.29) is 23.8 Å². The molecule has 2 fully saturated rings. The highest BCUT2D eigenvalue weighted by Gasteiger charge is 2.39. The van der Waals surface area contributed by atoms with Gasteiger partial charge in [-0.1, -0.05) is 20.3 Å². The molecule has 126 valence electrons. The second-order valence-electron chi connectivity index (χ2n) is 7.01. The molecule has 5 nitrogen and oxygen atoms in total. The van der Waals surface area contributed by atoms with Crippen LogP contribution in [0.1, 0.15) is 59.3 Å². The fourth-order valence-corrected chi connectivity index (χ4v) is 3.44. The van der Waals surface area contributed by atoms with Gasteiger partial charge >= 0.3 is 0 Å². The summed E-state index contributed by atoms with van der Waals surface area (Å²) in [6.07, 6.45) is 5.08. The van der Waals surface area contributed by atoms with Crippen LogP contribution in [-0.4, -0.2) is 46.6 Å². The number of piperidine rings is 1. The lowest BCUT2D eigenvalue weighted by Gasteiger charge is -2.42. The molecule has 1 saturated carbocycles. The van der Waals surface area contributed by atoms with Gasteiger partial charge in [-0.2, -0.15) is 0 Å². The Morgan fingerprint density at radius 2 is 2.00 bits per heavy atom. The summed E-state index contributed by atoms with van der Waals surface area (Å²) in [6.45, 7) is 6.64. The zero-order valence-corrected chi connectivity index (χ0v) is 14.0. The summed E-state index contributed by atoms with van der Waals surface area (Å²) >= 11 is 0. The average molecular weight is 310 g/mol. The number of carbonyl (C=O) groups excluding carboxylic acids is 2. The third kappa shape index (κ3) is 4.00. The van der Waals surface area contributed by atoms with Gasteiger partial charge in [-0.25, -0.2) is 0 Å². The lowest BCUT2D eigenvalue weighted by molar-refractivity contribution is -0.144. The third-order valence-electron chi connectivity index (χ3n) is 4.98. The van der Waals surface area contributed by atoms with Gasteiger partial charge in [0.2, 0.25) is 11.8 Å². The van der Waals surface area contributed by atoms with Gasteiger partial charge in [-0.3, -0.25) is 9.59 Å². The van der Waals surface area contributed by atoms with Crippen molar-refractivity contribution in [3.8, 4) is 0 Å². The lowest BCUT2D eigenvalue weighted by atomic mass is 9.87. The molecule has 1 saturated heterocycles. The maximum atomic E-state index is 12.9. The summed E-state index contributed by atoms with van der Waals surface area (Å²) in [7, 11) is 0. The highest BCUT2D eigenvalue weighted by atomic mass is 16.3. The first kappa shape index (κ1) is 17.3. The van der Waals surface area contributed by atoms with Crippen molar-refractivity contribution in [1.29, 1.82) is 0 Å². The van der Waals surface area contributed by atoms with Gasteiger partial charge in [0, 0.05) is 18.5 Å². The Balaban J connectivity index is 2.07. The van der Waals surface area contributed by atoms with E-state index in [1.165, 1.54) is 0 Å². The van der Waals surface area contributed by atoms with Crippen molar-refractivity contribution in [1.82, 2.24) is 10.2 Å². The average Bonchev–Trinajstić information content (AvgIpc) is 3.30. The van der Waals surface area contributed by atoms with Gasteiger partial charge in [-0.05, 0) is 44.9 Å². The molecule has 1 heterocycles. The Morgan fingerprint density at radius 3 is 2.55 bits per heavy atom. The minimum atomic E-state index is -0.866. The molecule has 1 aliphatic carbocycles. The van der Waals surface area contributed by atoms with Crippen LogP contribution in [0.5, 0.6) is 0 Å². The van der Waals surface area contributed by atoms with E-state index >= 15 is 0 Å². The molecule has 0 aromatic heterocycles. The van der Waals surface area contributed by atoms with Crippen LogP contribution in [0.2, 0.25) is 0 Å². The standard InChI is InChI=1S/C17H30N2O3/c1-4-6-14-11(2)7-5-10-19(14)17(22)15(12(3)20)18-16(21)13-8-9-13/h11-15,20H,4-10H2,1-3H3,(H,18,21). The van der Waals surface area contributed by atoms with Gasteiger partial charge in [0.1, 0.15) is 6.04 Å². The van der Waals surface area contributed by atoms with Gasteiger partial charge < -0.3 is 15.3 Å². The van der Waals surface area contributed by atoms with Crippen LogP contribution >= 0.6 is 0 Å². The second-order valence-corrected chi connectivity index (χ2v) is 7.01.